The van der Waals surface area contributed by atoms with Crippen LogP contribution in [0.5, 0.6) is 0 Å². The van der Waals surface area contributed by atoms with Crippen molar-refractivity contribution in [3.63, 3.8) is 0 Å². The molecule has 0 spiro atoms. The van der Waals surface area contributed by atoms with Gasteiger partial charge in [0.25, 0.3) is 0 Å². The third-order valence-electron chi connectivity index (χ3n) is 4.12. The molecule has 0 amide bonds. The van der Waals surface area contributed by atoms with Crippen LogP contribution in [0.4, 0.5) is 19.0 Å². The van der Waals surface area contributed by atoms with Crippen LogP contribution in [0.2, 0.25) is 0 Å². The average molecular weight is 365 g/mol. The van der Waals surface area contributed by atoms with E-state index in [1.54, 1.807) is 13.0 Å². The van der Waals surface area contributed by atoms with Crippen LogP contribution >= 0.6 is 15.9 Å². The fourth-order valence-electron chi connectivity index (χ4n) is 2.94. The Hall–Kier alpha value is -1.11. The zero-order valence-electron chi connectivity index (χ0n) is 11.7. The number of anilines is 1. The summed E-state index contributed by atoms with van der Waals surface area (Å²) < 4.78 is 39.3. The number of hydrogen-bond acceptors (Lipinski definition) is 3. The molecule has 2 N–H and O–H groups in total. The maximum Gasteiger partial charge on any atom is 0.392 e. The van der Waals surface area contributed by atoms with Gasteiger partial charge in [0.15, 0.2) is 5.78 Å². The maximum atomic E-state index is 12.9. The number of aryl methyl sites for hydroxylation is 1. The lowest BCUT2D eigenvalue weighted by Crippen LogP contribution is -2.25. The van der Waals surface area contributed by atoms with Crippen LogP contribution in [-0.2, 0) is 0 Å². The SMILES string of the molecule is Cc1nc(N)c(C(=O)C2CC(C)C(C(F)(F)F)C2)cc1Br. The summed E-state index contributed by atoms with van der Waals surface area (Å²) in [7, 11) is 0. The van der Waals surface area contributed by atoms with Crippen LogP contribution < -0.4 is 5.73 Å². The summed E-state index contributed by atoms with van der Waals surface area (Å²) >= 11 is 3.26. The number of nitrogen functional groups attached to an aromatic ring is 1. The normalized spacial score (nSPS) is 26.1. The van der Waals surface area contributed by atoms with Crippen molar-refractivity contribution in [2.45, 2.75) is 32.9 Å². The molecular weight excluding hydrogens is 349 g/mol. The highest BCUT2D eigenvalue weighted by Crippen LogP contribution is 2.46. The topological polar surface area (TPSA) is 56.0 Å². The first kappa shape index (κ1) is 16.3. The molecule has 3 atom stereocenters. The maximum absolute atomic E-state index is 12.9. The van der Waals surface area contributed by atoms with E-state index in [0.717, 1.165) is 0 Å². The lowest BCUT2D eigenvalue weighted by Gasteiger charge is -2.18. The summed E-state index contributed by atoms with van der Waals surface area (Å²) in [5.74, 6) is -2.90. The number of Topliss-reactive ketones (excluding diaryl/α,β-unsaturated/α-hetero) is 1. The zero-order valence-corrected chi connectivity index (χ0v) is 13.3. The smallest absolute Gasteiger partial charge is 0.383 e. The minimum atomic E-state index is -4.26. The van der Waals surface area contributed by atoms with Gasteiger partial charge in [0.2, 0.25) is 0 Å². The molecule has 0 saturated heterocycles. The molecule has 21 heavy (non-hydrogen) atoms. The number of nitrogens with two attached hydrogens (primary N) is 1. The predicted octanol–water partition coefficient (Wildman–Crippen LogP) is 4.14. The van der Waals surface area contributed by atoms with Crippen LogP contribution in [0, 0.1) is 24.7 Å². The predicted molar refractivity (Wildman–Crippen MR) is 76.8 cm³/mol. The van der Waals surface area contributed by atoms with E-state index in [9.17, 15) is 18.0 Å². The molecule has 1 aliphatic carbocycles. The second-order valence-corrected chi connectivity index (χ2v) is 6.50. The van der Waals surface area contributed by atoms with Gasteiger partial charge in [-0.1, -0.05) is 6.92 Å². The molecule has 1 saturated carbocycles. The first-order chi connectivity index (χ1) is 9.61. The molecule has 2 rings (SSSR count). The quantitative estimate of drug-likeness (QED) is 0.802. The summed E-state index contributed by atoms with van der Waals surface area (Å²) in [4.78, 5) is 16.5. The van der Waals surface area contributed by atoms with E-state index < -0.39 is 23.9 Å². The van der Waals surface area contributed by atoms with Gasteiger partial charge >= 0.3 is 6.18 Å². The van der Waals surface area contributed by atoms with E-state index in [1.807, 2.05) is 0 Å². The molecule has 3 unspecified atom stereocenters. The van der Waals surface area contributed by atoms with E-state index in [0.29, 0.717) is 10.2 Å². The number of aromatic nitrogens is 1. The number of carbonyl (C=O) groups is 1. The van der Waals surface area contributed by atoms with E-state index in [-0.39, 0.29) is 30.0 Å². The number of carbonyl (C=O) groups excluding carboxylic acids is 1. The molecule has 0 aromatic carbocycles. The van der Waals surface area contributed by atoms with Crippen LogP contribution in [0.1, 0.15) is 35.8 Å². The minimum absolute atomic E-state index is 0.0730. The van der Waals surface area contributed by atoms with Gasteiger partial charge in [0, 0.05) is 10.4 Å². The van der Waals surface area contributed by atoms with Crippen molar-refractivity contribution in [1.29, 1.82) is 0 Å². The van der Waals surface area contributed by atoms with Crippen molar-refractivity contribution in [3.05, 3.63) is 21.8 Å². The van der Waals surface area contributed by atoms with E-state index in [2.05, 4.69) is 20.9 Å². The number of nitrogens with zero attached hydrogens (tertiary/aromatic N) is 1. The summed E-state index contributed by atoms with van der Waals surface area (Å²) in [6.45, 7) is 3.27. The molecule has 116 valence electrons. The molecule has 1 heterocycles. The fraction of sp³-hybridized carbons (Fsp3) is 0.571. The lowest BCUT2D eigenvalue weighted by molar-refractivity contribution is -0.182. The van der Waals surface area contributed by atoms with Gasteiger partial charge in [-0.15, -0.1) is 0 Å². The van der Waals surface area contributed by atoms with Gasteiger partial charge in [0.05, 0.1) is 17.2 Å². The first-order valence-electron chi connectivity index (χ1n) is 6.64. The third-order valence-corrected chi connectivity index (χ3v) is 4.92. The Bertz CT molecular complexity index is 574. The standard InChI is InChI=1S/C14H16BrF3N2O/c1-6-3-8(4-10(6)14(16,17)18)12(21)9-5-11(15)7(2)20-13(9)19/h5-6,8,10H,3-4H2,1-2H3,(H2,19,20). The average Bonchev–Trinajstić information content (AvgIpc) is 2.75. The molecule has 0 aliphatic heterocycles. The van der Waals surface area contributed by atoms with E-state index >= 15 is 0 Å². The molecule has 1 aromatic rings. The van der Waals surface area contributed by atoms with Gasteiger partial charge in [0.1, 0.15) is 5.82 Å². The molecule has 7 heteroatoms. The molecule has 1 fully saturated rings. The zero-order chi connectivity index (χ0) is 15.9. The van der Waals surface area contributed by atoms with Crippen molar-refractivity contribution >= 4 is 27.5 Å². The van der Waals surface area contributed by atoms with Crippen molar-refractivity contribution in [2.24, 2.45) is 17.8 Å². The fourth-order valence-corrected chi connectivity index (χ4v) is 3.25. The summed E-state index contributed by atoms with van der Waals surface area (Å²) in [5.41, 5.74) is 6.58. The van der Waals surface area contributed by atoms with Crippen molar-refractivity contribution in [3.8, 4) is 0 Å². The summed E-state index contributed by atoms with van der Waals surface area (Å²) in [6, 6.07) is 1.55. The van der Waals surface area contributed by atoms with E-state index in [4.69, 9.17) is 5.73 Å². The Morgan fingerprint density at radius 3 is 2.57 bits per heavy atom. The number of ketones is 1. The van der Waals surface area contributed by atoms with Crippen LogP contribution in [0.25, 0.3) is 0 Å². The largest absolute Gasteiger partial charge is 0.392 e. The summed E-state index contributed by atoms with van der Waals surface area (Å²) in [5, 5.41) is 0. The second-order valence-electron chi connectivity index (χ2n) is 5.65. The molecule has 0 radical (unpaired) electrons. The highest BCUT2D eigenvalue weighted by atomic mass is 79.9. The molecule has 0 bridgehead atoms. The first-order valence-corrected chi connectivity index (χ1v) is 7.44. The van der Waals surface area contributed by atoms with Gasteiger partial charge in [-0.05, 0) is 47.7 Å². The van der Waals surface area contributed by atoms with Crippen LogP contribution in [0.3, 0.4) is 0 Å². The number of alkyl halides is 3. The molecule has 3 nitrogen and oxygen atoms in total. The third kappa shape index (κ3) is 3.22. The Kier molecular flexibility index (Phi) is 4.33. The lowest BCUT2D eigenvalue weighted by atomic mass is 9.95. The Labute approximate surface area is 129 Å². The van der Waals surface area contributed by atoms with E-state index in [1.165, 1.54) is 6.92 Å². The minimum Gasteiger partial charge on any atom is -0.383 e. The van der Waals surface area contributed by atoms with Gasteiger partial charge in [-0.3, -0.25) is 4.79 Å². The molecule has 1 aromatic heterocycles. The van der Waals surface area contributed by atoms with Crippen LogP contribution in [0.15, 0.2) is 10.5 Å². The highest BCUT2D eigenvalue weighted by molar-refractivity contribution is 9.10. The van der Waals surface area contributed by atoms with Gasteiger partial charge in [-0.2, -0.15) is 13.2 Å². The highest BCUT2D eigenvalue weighted by Gasteiger charge is 2.50. The van der Waals surface area contributed by atoms with Crippen LogP contribution in [-0.4, -0.2) is 16.9 Å². The van der Waals surface area contributed by atoms with Crippen molar-refractivity contribution in [1.82, 2.24) is 4.98 Å². The molecular formula is C14H16BrF3N2O. The van der Waals surface area contributed by atoms with Crippen molar-refractivity contribution in [2.75, 3.05) is 5.73 Å². The van der Waals surface area contributed by atoms with Crippen molar-refractivity contribution < 1.29 is 18.0 Å². The Balaban J connectivity index is 2.25. The number of pyridine rings is 1. The Morgan fingerprint density at radius 1 is 1.43 bits per heavy atom. The molecule has 1 aliphatic rings. The van der Waals surface area contributed by atoms with Gasteiger partial charge in [-0.25, -0.2) is 4.98 Å². The summed E-state index contributed by atoms with van der Waals surface area (Å²) in [6.07, 6.45) is -4.20. The number of hydrogen-bond donors (Lipinski definition) is 1. The Morgan fingerprint density at radius 2 is 2.05 bits per heavy atom. The second kappa shape index (κ2) is 5.59. The monoisotopic (exact) mass is 364 g/mol. The number of rotatable bonds is 2. The number of halogens is 4. The van der Waals surface area contributed by atoms with Gasteiger partial charge < -0.3 is 5.73 Å².